The smallest absolute Gasteiger partial charge is 0.227 e. The third-order valence-corrected chi connectivity index (χ3v) is 6.56. The van der Waals surface area contributed by atoms with Gasteiger partial charge in [0.2, 0.25) is 5.91 Å². The molecular formula is C21H25NO4S. The highest BCUT2D eigenvalue weighted by atomic mass is 32.1. The van der Waals surface area contributed by atoms with E-state index in [1.165, 1.54) is 11.1 Å². The zero-order valence-electron chi connectivity index (χ0n) is 15.8. The molecule has 2 aliphatic rings. The minimum atomic E-state index is -0.327. The lowest BCUT2D eigenvalue weighted by atomic mass is 9.79. The van der Waals surface area contributed by atoms with E-state index < -0.39 is 0 Å². The number of thiophene rings is 1. The van der Waals surface area contributed by atoms with Crippen molar-refractivity contribution in [2.24, 2.45) is 0 Å². The van der Waals surface area contributed by atoms with E-state index in [-0.39, 0.29) is 11.5 Å². The van der Waals surface area contributed by atoms with Crippen LogP contribution in [0.1, 0.15) is 28.8 Å². The maximum absolute atomic E-state index is 12.6. The summed E-state index contributed by atoms with van der Waals surface area (Å²) in [5, 5.41) is 2.02. The molecule has 1 aromatic carbocycles. The predicted octanol–water partition coefficient (Wildman–Crippen LogP) is 3.40. The molecule has 1 amide bonds. The molecule has 5 nitrogen and oxygen atoms in total. The number of methoxy groups -OCH3 is 2. The van der Waals surface area contributed by atoms with E-state index in [1.807, 2.05) is 22.4 Å². The Balaban J connectivity index is 1.52. The molecule has 6 heteroatoms. The molecule has 2 aromatic rings. The Labute approximate surface area is 163 Å². The van der Waals surface area contributed by atoms with Crippen molar-refractivity contribution in [3.63, 3.8) is 0 Å². The second kappa shape index (κ2) is 7.52. The fourth-order valence-electron chi connectivity index (χ4n) is 4.19. The van der Waals surface area contributed by atoms with E-state index in [0.29, 0.717) is 13.0 Å². The molecule has 2 aliphatic heterocycles. The Morgan fingerprint density at radius 1 is 1.22 bits per heavy atom. The van der Waals surface area contributed by atoms with Crippen molar-refractivity contribution in [2.45, 2.75) is 31.3 Å². The van der Waals surface area contributed by atoms with Crippen molar-refractivity contribution < 1.29 is 19.0 Å². The maximum atomic E-state index is 12.6. The Kier molecular flexibility index (Phi) is 5.10. The highest BCUT2D eigenvalue weighted by Gasteiger charge is 2.42. The summed E-state index contributed by atoms with van der Waals surface area (Å²) in [6.07, 6.45) is 2.99. The number of likely N-dealkylation sites (tertiary alicyclic amines) is 1. The normalized spacial score (nSPS) is 18.2. The topological polar surface area (TPSA) is 48.0 Å². The summed E-state index contributed by atoms with van der Waals surface area (Å²) in [5.74, 6) is 1.70. The molecule has 3 heterocycles. The lowest BCUT2D eigenvalue weighted by molar-refractivity contribution is -0.140. The summed E-state index contributed by atoms with van der Waals surface area (Å²) in [6, 6.07) is 8.16. The number of carbonyl (C=O) groups excluding carboxylic acids is 1. The number of piperidine rings is 1. The average molecular weight is 388 g/mol. The number of rotatable bonds is 4. The van der Waals surface area contributed by atoms with Gasteiger partial charge in [0, 0.05) is 18.0 Å². The van der Waals surface area contributed by atoms with Gasteiger partial charge in [-0.3, -0.25) is 4.79 Å². The van der Waals surface area contributed by atoms with Gasteiger partial charge in [-0.2, -0.15) is 0 Å². The van der Waals surface area contributed by atoms with Crippen LogP contribution in [0.4, 0.5) is 0 Å². The van der Waals surface area contributed by atoms with Crippen LogP contribution in [0.25, 0.3) is 0 Å². The third kappa shape index (κ3) is 3.44. The number of ether oxygens (including phenoxy) is 3. The highest BCUT2D eigenvalue weighted by Crippen LogP contribution is 2.45. The molecular weight excluding hydrogens is 362 g/mol. The van der Waals surface area contributed by atoms with Crippen LogP contribution in [0.15, 0.2) is 29.6 Å². The van der Waals surface area contributed by atoms with Gasteiger partial charge in [-0.1, -0.05) is 6.07 Å². The van der Waals surface area contributed by atoms with E-state index in [0.717, 1.165) is 48.7 Å². The lowest BCUT2D eigenvalue weighted by Gasteiger charge is -2.45. The van der Waals surface area contributed by atoms with E-state index in [1.54, 1.807) is 25.6 Å². The summed E-state index contributed by atoms with van der Waals surface area (Å²) in [4.78, 5) is 15.7. The van der Waals surface area contributed by atoms with Crippen molar-refractivity contribution in [3.05, 3.63) is 45.6 Å². The van der Waals surface area contributed by atoms with Crippen LogP contribution in [-0.2, 0) is 28.0 Å². The molecule has 4 rings (SSSR count). The number of nitrogens with zero attached hydrogens (tertiary/aromatic N) is 1. The van der Waals surface area contributed by atoms with Gasteiger partial charge in [-0.15, -0.1) is 11.3 Å². The van der Waals surface area contributed by atoms with Gasteiger partial charge in [0.05, 0.1) is 32.8 Å². The van der Waals surface area contributed by atoms with E-state index >= 15 is 0 Å². The van der Waals surface area contributed by atoms with Crippen LogP contribution in [0.2, 0.25) is 0 Å². The monoisotopic (exact) mass is 387 g/mol. The Bertz CT molecular complexity index is 810. The van der Waals surface area contributed by atoms with Crippen molar-refractivity contribution in [3.8, 4) is 11.5 Å². The van der Waals surface area contributed by atoms with Crippen molar-refractivity contribution in [1.29, 1.82) is 0 Å². The molecule has 0 atom stereocenters. The molecule has 0 unspecified atom stereocenters. The van der Waals surface area contributed by atoms with Gasteiger partial charge in [0.1, 0.15) is 0 Å². The Morgan fingerprint density at radius 2 is 1.96 bits per heavy atom. The fourth-order valence-corrected chi connectivity index (χ4v) is 4.89. The predicted molar refractivity (Wildman–Crippen MR) is 105 cm³/mol. The standard InChI is InChI=1S/C21H25NO4S/c1-24-18-12-15-5-10-26-21(17(15)14-19(18)25-2)6-8-22(9-7-21)20(23)13-16-4-3-11-27-16/h3-4,11-12,14H,5-10,13H2,1-2H3. The number of hydrogen-bond donors (Lipinski definition) is 0. The van der Waals surface area contributed by atoms with Crippen molar-refractivity contribution in [2.75, 3.05) is 33.9 Å². The van der Waals surface area contributed by atoms with Gasteiger partial charge in [0.25, 0.3) is 0 Å². The first-order chi connectivity index (χ1) is 13.1. The number of amides is 1. The summed E-state index contributed by atoms with van der Waals surface area (Å²) in [5.41, 5.74) is 2.13. The zero-order valence-corrected chi connectivity index (χ0v) is 16.6. The van der Waals surface area contributed by atoms with Crippen LogP contribution in [0, 0.1) is 0 Å². The minimum absolute atomic E-state index is 0.204. The van der Waals surface area contributed by atoms with Gasteiger partial charge < -0.3 is 19.1 Å². The molecule has 144 valence electrons. The molecule has 0 saturated carbocycles. The Hall–Kier alpha value is -2.05. The van der Waals surface area contributed by atoms with Gasteiger partial charge in [-0.25, -0.2) is 0 Å². The summed E-state index contributed by atoms with van der Waals surface area (Å²) >= 11 is 1.64. The van der Waals surface area contributed by atoms with Gasteiger partial charge in [-0.05, 0) is 54.0 Å². The second-order valence-corrected chi connectivity index (χ2v) is 8.13. The average Bonchev–Trinajstić information content (AvgIpc) is 3.21. The number of hydrogen-bond acceptors (Lipinski definition) is 5. The van der Waals surface area contributed by atoms with Crippen LogP contribution in [-0.4, -0.2) is 44.7 Å². The fraction of sp³-hybridized carbons (Fsp3) is 0.476. The van der Waals surface area contributed by atoms with Crippen LogP contribution in [0.3, 0.4) is 0 Å². The highest BCUT2D eigenvalue weighted by molar-refractivity contribution is 7.10. The minimum Gasteiger partial charge on any atom is -0.493 e. The number of benzene rings is 1. The summed E-state index contributed by atoms with van der Waals surface area (Å²) in [6.45, 7) is 2.14. The number of fused-ring (bicyclic) bond motifs is 2. The largest absolute Gasteiger partial charge is 0.493 e. The lowest BCUT2D eigenvalue weighted by Crippen LogP contribution is -2.48. The van der Waals surface area contributed by atoms with Crippen LogP contribution in [0.5, 0.6) is 11.5 Å². The molecule has 0 bridgehead atoms. The molecule has 1 aromatic heterocycles. The zero-order chi connectivity index (χ0) is 18.9. The van der Waals surface area contributed by atoms with E-state index in [2.05, 4.69) is 12.1 Å². The van der Waals surface area contributed by atoms with Crippen molar-refractivity contribution in [1.82, 2.24) is 4.90 Å². The van der Waals surface area contributed by atoms with Crippen LogP contribution < -0.4 is 9.47 Å². The van der Waals surface area contributed by atoms with E-state index in [4.69, 9.17) is 14.2 Å². The number of carbonyl (C=O) groups is 1. The van der Waals surface area contributed by atoms with Gasteiger partial charge >= 0.3 is 0 Å². The molecule has 0 aliphatic carbocycles. The van der Waals surface area contributed by atoms with Gasteiger partial charge in [0.15, 0.2) is 11.5 Å². The molecule has 1 spiro atoms. The molecule has 1 fully saturated rings. The van der Waals surface area contributed by atoms with E-state index in [9.17, 15) is 4.79 Å². The molecule has 0 N–H and O–H groups in total. The molecule has 0 radical (unpaired) electrons. The summed E-state index contributed by atoms with van der Waals surface area (Å²) < 4.78 is 17.3. The summed E-state index contributed by atoms with van der Waals surface area (Å²) in [7, 11) is 3.32. The second-order valence-electron chi connectivity index (χ2n) is 7.09. The van der Waals surface area contributed by atoms with Crippen molar-refractivity contribution >= 4 is 17.2 Å². The van der Waals surface area contributed by atoms with Crippen LogP contribution >= 0.6 is 11.3 Å². The third-order valence-electron chi connectivity index (χ3n) is 5.68. The quantitative estimate of drug-likeness (QED) is 0.807. The SMILES string of the molecule is COc1cc2c(cc1OC)C1(CCN(C(=O)Cc3cccs3)CC1)OCC2. The Morgan fingerprint density at radius 3 is 2.63 bits per heavy atom. The first-order valence-electron chi connectivity index (χ1n) is 9.35. The molecule has 1 saturated heterocycles. The molecule has 27 heavy (non-hydrogen) atoms. The first-order valence-corrected chi connectivity index (χ1v) is 10.2. The first kappa shape index (κ1) is 18.3. The maximum Gasteiger partial charge on any atom is 0.227 e.